The summed E-state index contributed by atoms with van der Waals surface area (Å²) < 4.78 is 0. The van der Waals surface area contributed by atoms with Crippen molar-refractivity contribution in [1.29, 1.82) is 0 Å². The van der Waals surface area contributed by atoms with Crippen LogP contribution in [0.2, 0.25) is 0 Å². The Bertz CT molecular complexity index is 706. The molecule has 0 atom stereocenters. The normalized spacial score (nSPS) is 10.5. The summed E-state index contributed by atoms with van der Waals surface area (Å²) in [5.41, 5.74) is 1.42. The molecule has 0 unspecified atom stereocenters. The van der Waals surface area contributed by atoms with Gasteiger partial charge in [-0.2, -0.15) is 0 Å². The molecule has 4 nitrogen and oxygen atoms in total. The maximum Gasteiger partial charge on any atom is 0.348 e. The first-order valence-corrected chi connectivity index (χ1v) is 7.13. The highest BCUT2D eigenvalue weighted by atomic mass is 32.1. The van der Waals surface area contributed by atoms with E-state index in [4.69, 9.17) is 0 Å². The summed E-state index contributed by atoms with van der Waals surface area (Å²) in [6, 6.07) is 7.41. The molecule has 0 fully saturated rings. The summed E-state index contributed by atoms with van der Waals surface area (Å²) in [5, 5.41) is 11.9. The third-order valence-electron chi connectivity index (χ3n) is 2.50. The van der Waals surface area contributed by atoms with Crippen LogP contribution in [0.1, 0.15) is 9.67 Å². The van der Waals surface area contributed by atoms with Gasteiger partial charge in [-0.25, -0.2) is 9.78 Å². The second kappa shape index (κ2) is 4.91. The second-order valence-corrected chi connectivity index (χ2v) is 5.66. The van der Waals surface area contributed by atoms with Gasteiger partial charge in [0.15, 0.2) is 0 Å². The molecule has 0 bridgehead atoms. The number of hydrogen-bond donors (Lipinski definition) is 1. The van der Waals surface area contributed by atoms with Crippen LogP contribution < -0.4 is 0 Å². The molecule has 0 aromatic carbocycles. The van der Waals surface area contributed by atoms with Crippen molar-refractivity contribution in [3.63, 3.8) is 0 Å². The first-order valence-electron chi connectivity index (χ1n) is 5.44. The maximum atomic E-state index is 11.3. The number of hydrogen-bond acceptors (Lipinski definition) is 5. The SMILES string of the molecule is O=C(O)c1sc(-c2ccncc2)nc1-c1cccs1. The largest absolute Gasteiger partial charge is 0.477 e. The van der Waals surface area contributed by atoms with E-state index in [9.17, 15) is 9.90 Å². The molecule has 0 aliphatic rings. The van der Waals surface area contributed by atoms with Crippen molar-refractivity contribution in [3.8, 4) is 21.1 Å². The number of aromatic carboxylic acids is 1. The monoisotopic (exact) mass is 288 g/mol. The van der Waals surface area contributed by atoms with Crippen molar-refractivity contribution in [3.05, 3.63) is 46.9 Å². The number of carbonyl (C=O) groups is 1. The van der Waals surface area contributed by atoms with Crippen molar-refractivity contribution < 1.29 is 9.90 Å². The Morgan fingerprint density at radius 1 is 1.21 bits per heavy atom. The minimum absolute atomic E-state index is 0.272. The van der Waals surface area contributed by atoms with Crippen LogP contribution >= 0.6 is 22.7 Å². The minimum Gasteiger partial charge on any atom is -0.477 e. The molecule has 94 valence electrons. The van der Waals surface area contributed by atoms with Crippen LogP contribution in [0.4, 0.5) is 0 Å². The van der Waals surface area contributed by atoms with Gasteiger partial charge in [-0.15, -0.1) is 22.7 Å². The predicted octanol–water partition coefficient (Wildman–Crippen LogP) is 3.63. The van der Waals surface area contributed by atoms with Crippen LogP contribution in [0.3, 0.4) is 0 Å². The average Bonchev–Trinajstić information content (AvgIpc) is 3.08. The third-order valence-corrected chi connectivity index (χ3v) is 4.47. The molecule has 1 N–H and O–H groups in total. The Morgan fingerprint density at radius 2 is 2.00 bits per heavy atom. The van der Waals surface area contributed by atoms with E-state index in [-0.39, 0.29) is 4.88 Å². The molecule has 0 saturated heterocycles. The molecular formula is C13H8N2O2S2. The van der Waals surface area contributed by atoms with Gasteiger partial charge in [0, 0.05) is 18.0 Å². The van der Waals surface area contributed by atoms with Crippen LogP contribution in [0.5, 0.6) is 0 Å². The quantitative estimate of drug-likeness (QED) is 0.799. The van der Waals surface area contributed by atoms with Gasteiger partial charge in [-0.05, 0) is 23.6 Å². The van der Waals surface area contributed by atoms with Crippen molar-refractivity contribution in [1.82, 2.24) is 9.97 Å². The molecule has 3 heterocycles. The lowest BCUT2D eigenvalue weighted by Gasteiger charge is -1.93. The van der Waals surface area contributed by atoms with E-state index < -0.39 is 5.97 Å². The highest BCUT2D eigenvalue weighted by Crippen LogP contribution is 2.35. The van der Waals surface area contributed by atoms with Crippen molar-refractivity contribution >= 4 is 28.6 Å². The smallest absolute Gasteiger partial charge is 0.348 e. The molecule has 0 saturated carbocycles. The Morgan fingerprint density at radius 3 is 2.63 bits per heavy atom. The predicted molar refractivity (Wildman–Crippen MR) is 75.6 cm³/mol. The van der Waals surface area contributed by atoms with Crippen molar-refractivity contribution in [2.75, 3.05) is 0 Å². The van der Waals surface area contributed by atoms with E-state index in [2.05, 4.69) is 9.97 Å². The Hall–Kier alpha value is -2.05. The van der Waals surface area contributed by atoms with E-state index in [0.29, 0.717) is 10.7 Å². The van der Waals surface area contributed by atoms with Crippen molar-refractivity contribution in [2.45, 2.75) is 0 Å². The fourth-order valence-electron chi connectivity index (χ4n) is 1.66. The zero-order valence-corrected chi connectivity index (χ0v) is 11.2. The number of aromatic nitrogens is 2. The van der Waals surface area contributed by atoms with Crippen LogP contribution in [-0.2, 0) is 0 Å². The standard InChI is InChI=1S/C13H8N2O2S2/c16-13(17)11-10(9-2-1-7-18-9)15-12(19-11)8-3-5-14-6-4-8/h1-7H,(H,16,17). The summed E-state index contributed by atoms with van der Waals surface area (Å²) in [6.45, 7) is 0. The summed E-state index contributed by atoms with van der Waals surface area (Å²) in [4.78, 5) is 20.9. The van der Waals surface area contributed by atoms with Crippen LogP contribution in [0.15, 0.2) is 42.0 Å². The summed E-state index contributed by atoms with van der Waals surface area (Å²) in [7, 11) is 0. The second-order valence-electron chi connectivity index (χ2n) is 3.72. The molecule has 6 heteroatoms. The number of thiophene rings is 1. The first kappa shape index (κ1) is 12.0. The van der Waals surface area contributed by atoms with Gasteiger partial charge in [0.1, 0.15) is 15.6 Å². The molecule has 0 radical (unpaired) electrons. The average molecular weight is 288 g/mol. The minimum atomic E-state index is -0.943. The Balaban J connectivity index is 2.15. The summed E-state index contributed by atoms with van der Waals surface area (Å²) >= 11 is 2.67. The first-order chi connectivity index (χ1) is 9.25. The highest BCUT2D eigenvalue weighted by molar-refractivity contribution is 7.18. The Kier molecular flexibility index (Phi) is 3.10. The van der Waals surface area contributed by atoms with Gasteiger partial charge in [0.2, 0.25) is 0 Å². The molecule has 0 aliphatic heterocycles. The van der Waals surface area contributed by atoms with E-state index in [0.717, 1.165) is 10.4 Å². The highest BCUT2D eigenvalue weighted by Gasteiger charge is 2.20. The fourth-order valence-corrected chi connectivity index (χ4v) is 3.37. The number of rotatable bonds is 3. The third kappa shape index (κ3) is 2.27. The number of carboxylic acid groups (broad SMARTS) is 1. The number of nitrogens with zero attached hydrogens (tertiary/aromatic N) is 2. The van der Waals surface area contributed by atoms with Gasteiger partial charge in [0.25, 0.3) is 0 Å². The van der Waals surface area contributed by atoms with Gasteiger partial charge >= 0.3 is 5.97 Å². The maximum absolute atomic E-state index is 11.3. The number of pyridine rings is 1. The molecule has 0 aliphatic carbocycles. The number of thiazole rings is 1. The van der Waals surface area contributed by atoms with E-state index in [1.807, 2.05) is 29.6 Å². The lowest BCUT2D eigenvalue weighted by atomic mass is 10.3. The molecule has 0 amide bonds. The van der Waals surface area contributed by atoms with Crippen LogP contribution in [0.25, 0.3) is 21.1 Å². The van der Waals surface area contributed by atoms with E-state index in [1.54, 1.807) is 12.4 Å². The lowest BCUT2D eigenvalue weighted by Crippen LogP contribution is -1.94. The zero-order valence-electron chi connectivity index (χ0n) is 9.61. The molecular weight excluding hydrogens is 280 g/mol. The summed E-state index contributed by atoms with van der Waals surface area (Å²) in [6.07, 6.45) is 3.34. The summed E-state index contributed by atoms with van der Waals surface area (Å²) in [5.74, 6) is -0.943. The topological polar surface area (TPSA) is 63.1 Å². The molecule has 0 spiro atoms. The number of carboxylic acids is 1. The zero-order chi connectivity index (χ0) is 13.2. The molecule has 3 aromatic rings. The van der Waals surface area contributed by atoms with Gasteiger partial charge in [-0.1, -0.05) is 6.07 Å². The van der Waals surface area contributed by atoms with Crippen LogP contribution in [0, 0.1) is 0 Å². The Labute approximate surface area is 117 Å². The van der Waals surface area contributed by atoms with Crippen molar-refractivity contribution in [2.24, 2.45) is 0 Å². The van der Waals surface area contributed by atoms with Gasteiger partial charge in [-0.3, -0.25) is 4.98 Å². The van der Waals surface area contributed by atoms with E-state index >= 15 is 0 Å². The van der Waals surface area contributed by atoms with Crippen LogP contribution in [-0.4, -0.2) is 21.0 Å². The fraction of sp³-hybridized carbons (Fsp3) is 0. The van der Waals surface area contributed by atoms with Gasteiger partial charge < -0.3 is 5.11 Å². The molecule has 19 heavy (non-hydrogen) atoms. The molecule has 3 aromatic heterocycles. The lowest BCUT2D eigenvalue weighted by molar-refractivity contribution is 0.0703. The van der Waals surface area contributed by atoms with E-state index in [1.165, 1.54) is 22.7 Å². The van der Waals surface area contributed by atoms with Gasteiger partial charge in [0.05, 0.1) is 4.88 Å². The molecule has 3 rings (SSSR count).